The number of rotatable bonds is 8. The molecule has 1 saturated heterocycles. The second kappa shape index (κ2) is 9.84. The summed E-state index contributed by atoms with van der Waals surface area (Å²) in [6, 6.07) is 1.97. The molecule has 1 aliphatic heterocycles. The molecule has 0 atom stereocenters. The van der Waals surface area contributed by atoms with Crippen molar-refractivity contribution >= 4 is 29.2 Å². The zero-order valence-corrected chi connectivity index (χ0v) is 15.4. The van der Waals surface area contributed by atoms with Crippen molar-refractivity contribution in [1.82, 2.24) is 20.3 Å². The van der Waals surface area contributed by atoms with Crippen molar-refractivity contribution in [3.05, 3.63) is 36.3 Å². The van der Waals surface area contributed by atoms with Crippen LogP contribution in [0.2, 0.25) is 0 Å². The zero-order valence-electron chi connectivity index (χ0n) is 15.4. The Hall–Kier alpha value is -2.71. The highest BCUT2D eigenvalue weighted by Gasteiger charge is 2.13. The lowest BCUT2D eigenvalue weighted by Crippen LogP contribution is -2.31. The first-order valence-corrected chi connectivity index (χ1v) is 9.31. The number of anilines is 4. The molecule has 1 aliphatic rings. The van der Waals surface area contributed by atoms with Crippen LogP contribution in [0.4, 0.5) is 23.1 Å². The van der Waals surface area contributed by atoms with Crippen LogP contribution in [0.25, 0.3) is 6.08 Å². The molecule has 0 bridgehead atoms. The quantitative estimate of drug-likeness (QED) is 0.479. The van der Waals surface area contributed by atoms with E-state index < -0.39 is 0 Å². The van der Waals surface area contributed by atoms with Crippen LogP contribution < -0.4 is 21.7 Å². The highest BCUT2D eigenvalue weighted by molar-refractivity contribution is 5.70. The van der Waals surface area contributed by atoms with Crippen molar-refractivity contribution in [2.75, 3.05) is 42.6 Å². The highest BCUT2D eigenvalue weighted by Crippen LogP contribution is 2.23. The molecule has 0 radical (unpaired) electrons. The van der Waals surface area contributed by atoms with Gasteiger partial charge in [-0.25, -0.2) is 15.0 Å². The molecule has 8 heteroatoms. The van der Waals surface area contributed by atoms with Crippen LogP contribution in [0.1, 0.15) is 24.8 Å². The third-order valence-corrected chi connectivity index (χ3v) is 4.50. The number of aliphatic hydroxyl groups excluding tert-OH is 1. The van der Waals surface area contributed by atoms with Gasteiger partial charge in [-0.05, 0) is 38.3 Å². The van der Waals surface area contributed by atoms with E-state index in [0.29, 0.717) is 29.8 Å². The van der Waals surface area contributed by atoms with Crippen LogP contribution in [0.5, 0.6) is 0 Å². The molecule has 2 aromatic rings. The molecular formula is C19H27N7O. The fourth-order valence-corrected chi connectivity index (χ4v) is 2.98. The van der Waals surface area contributed by atoms with Gasteiger partial charge in [0.2, 0.25) is 0 Å². The molecule has 6 N–H and O–H groups in total. The van der Waals surface area contributed by atoms with Crippen molar-refractivity contribution in [1.29, 1.82) is 0 Å². The second-order valence-corrected chi connectivity index (χ2v) is 6.60. The number of aromatic nitrogens is 3. The Balaban J connectivity index is 1.73. The van der Waals surface area contributed by atoms with Crippen LogP contribution in [-0.2, 0) is 0 Å². The smallest absolute Gasteiger partial charge is 0.150 e. The first kappa shape index (κ1) is 19.1. The Morgan fingerprint density at radius 2 is 1.96 bits per heavy atom. The largest absolute Gasteiger partial charge is 0.396 e. The Bertz CT molecular complexity index is 742. The van der Waals surface area contributed by atoms with Crippen LogP contribution in [0.15, 0.2) is 30.7 Å². The van der Waals surface area contributed by atoms with Gasteiger partial charge in [0.1, 0.15) is 17.5 Å². The van der Waals surface area contributed by atoms with Crippen molar-refractivity contribution in [3.63, 3.8) is 0 Å². The van der Waals surface area contributed by atoms with Gasteiger partial charge in [0.15, 0.2) is 0 Å². The van der Waals surface area contributed by atoms with E-state index in [4.69, 9.17) is 10.8 Å². The van der Waals surface area contributed by atoms with E-state index in [0.717, 1.165) is 30.9 Å². The van der Waals surface area contributed by atoms with E-state index in [1.807, 2.05) is 24.4 Å². The zero-order chi connectivity index (χ0) is 18.9. The second-order valence-electron chi connectivity index (χ2n) is 6.60. The number of nitrogens with zero attached hydrogens (tertiary/aromatic N) is 3. The Morgan fingerprint density at radius 1 is 1.15 bits per heavy atom. The molecule has 27 heavy (non-hydrogen) atoms. The van der Waals surface area contributed by atoms with Crippen LogP contribution in [0.3, 0.4) is 0 Å². The molecule has 144 valence electrons. The topological polar surface area (TPSA) is 121 Å². The third-order valence-electron chi connectivity index (χ3n) is 4.50. The number of hydrogen-bond donors (Lipinski definition) is 5. The van der Waals surface area contributed by atoms with Gasteiger partial charge in [-0.3, -0.25) is 0 Å². The molecule has 0 spiro atoms. The normalized spacial score (nSPS) is 15.1. The average Bonchev–Trinajstić information content (AvgIpc) is 2.70. The SMILES string of the molecule is Nc1cnc(Nc2cc(NCC3CCNCC3)c(/C=C/CCO)cn2)cn1. The number of aliphatic hydroxyl groups is 1. The van der Waals surface area contributed by atoms with Crippen LogP contribution in [0, 0.1) is 5.92 Å². The van der Waals surface area contributed by atoms with E-state index in [2.05, 4.69) is 30.9 Å². The molecule has 2 aromatic heterocycles. The summed E-state index contributed by atoms with van der Waals surface area (Å²) in [6.45, 7) is 3.22. The molecular weight excluding hydrogens is 342 g/mol. The monoisotopic (exact) mass is 369 g/mol. The maximum Gasteiger partial charge on any atom is 0.150 e. The first-order chi connectivity index (χ1) is 13.2. The van der Waals surface area contributed by atoms with E-state index in [9.17, 15) is 0 Å². The summed E-state index contributed by atoms with van der Waals surface area (Å²) in [7, 11) is 0. The summed E-state index contributed by atoms with van der Waals surface area (Å²) in [5, 5.41) is 19.1. The number of pyridine rings is 1. The van der Waals surface area contributed by atoms with Crippen LogP contribution in [-0.4, -0.2) is 46.3 Å². The van der Waals surface area contributed by atoms with Gasteiger partial charge >= 0.3 is 0 Å². The third kappa shape index (κ3) is 5.90. The van der Waals surface area contributed by atoms with Gasteiger partial charge in [0.05, 0.1) is 12.4 Å². The lowest BCUT2D eigenvalue weighted by atomic mass is 9.98. The van der Waals surface area contributed by atoms with Crippen molar-refractivity contribution in [3.8, 4) is 0 Å². The Morgan fingerprint density at radius 3 is 2.70 bits per heavy atom. The van der Waals surface area contributed by atoms with Gasteiger partial charge in [-0.2, -0.15) is 0 Å². The number of nitrogen functional groups attached to an aromatic ring is 1. The van der Waals surface area contributed by atoms with E-state index in [1.165, 1.54) is 19.0 Å². The maximum absolute atomic E-state index is 8.99. The van der Waals surface area contributed by atoms with Crippen molar-refractivity contribution in [2.24, 2.45) is 5.92 Å². The first-order valence-electron chi connectivity index (χ1n) is 9.31. The summed E-state index contributed by atoms with van der Waals surface area (Å²) in [5.74, 6) is 2.31. The minimum atomic E-state index is 0.136. The molecule has 0 saturated carbocycles. The van der Waals surface area contributed by atoms with Gasteiger partial charge in [-0.15, -0.1) is 0 Å². The van der Waals surface area contributed by atoms with Gasteiger partial charge in [0, 0.05) is 36.7 Å². The maximum atomic E-state index is 8.99. The van der Waals surface area contributed by atoms with E-state index >= 15 is 0 Å². The fraction of sp³-hybridized carbons (Fsp3) is 0.421. The standard InChI is InChI=1S/C19H27N7O/c20-17-12-25-19(13-23-17)26-18-9-16(15(11-24-18)3-1-2-8-27)22-10-14-4-6-21-7-5-14/h1,3,9,11-14,21,27H,2,4-8,10H2,(H2,20,23)(H2,22,24,25,26)/b3-1+. The van der Waals surface area contributed by atoms with Gasteiger partial charge in [0.25, 0.3) is 0 Å². The number of piperidine rings is 1. The number of hydrogen-bond acceptors (Lipinski definition) is 8. The molecule has 0 amide bonds. The fourth-order valence-electron chi connectivity index (χ4n) is 2.98. The molecule has 0 unspecified atom stereocenters. The molecule has 3 heterocycles. The molecule has 3 rings (SSSR count). The van der Waals surface area contributed by atoms with Gasteiger partial charge < -0.3 is 26.8 Å². The Labute approximate surface area is 159 Å². The average molecular weight is 369 g/mol. The molecule has 1 fully saturated rings. The molecule has 0 aliphatic carbocycles. The number of nitrogens with one attached hydrogen (secondary N) is 3. The summed E-state index contributed by atoms with van der Waals surface area (Å²) < 4.78 is 0. The Kier molecular flexibility index (Phi) is 6.95. The lowest BCUT2D eigenvalue weighted by molar-refractivity contribution is 0.303. The van der Waals surface area contributed by atoms with Gasteiger partial charge in [-0.1, -0.05) is 12.2 Å². The number of nitrogens with two attached hydrogens (primary N) is 1. The predicted octanol–water partition coefficient (Wildman–Crippen LogP) is 2.00. The van der Waals surface area contributed by atoms with Crippen LogP contribution >= 0.6 is 0 Å². The summed E-state index contributed by atoms with van der Waals surface area (Å²) in [5.41, 5.74) is 7.57. The summed E-state index contributed by atoms with van der Waals surface area (Å²) in [4.78, 5) is 12.7. The van der Waals surface area contributed by atoms with Crippen molar-refractivity contribution in [2.45, 2.75) is 19.3 Å². The van der Waals surface area contributed by atoms with E-state index in [-0.39, 0.29) is 6.61 Å². The highest BCUT2D eigenvalue weighted by atomic mass is 16.2. The minimum Gasteiger partial charge on any atom is -0.396 e. The molecule has 0 aromatic carbocycles. The summed E-state index contributed by atoms with van der Waals surface area (Å²) in [6.07, 6.45) is 11.8. The predicted molar refractivity (Wildman–Crippen MR) is 109 cm³/mol. The molecule has 8 nitrogen and oxygen atoms in total. The van der Waals surface area contributed by atoms with Crippen molar-refractivity contribution < 1.29 is 5.11 Å². The lowest BCUT2D eigenvalue weighted by Gasteiger charge is -2.23. The minimum absolute atomic E-state index is 0.136. The van der Waals surface area contributed by atoms with E-state index in [1.54, 1.807) is 6.20 Å². The summed E-state index contributed by atoms with van der Waals surface area (Å²) >= 11 is 0.